The van der Waals surface area contributed by atoms with Crippen LogP contribution in [0.2, 0.25) is 0 Å². The highest BCUT2D eigenvalue weighted by molar-refractivity contribution is 5.99. The Bertz CT molecular complexity index is 194. The van der Waals surface area contributed by atoms with Crippen molar-refractivity contribution in [3.8, 4) is 0 Å². The van der Waals surface area contributed by atoms with Crippen molar-refractivity contribution in [2.24, 2.45) is 0 Å². The van der Waals surface area contributed by atoms with Crippen LogP contribution in [0.15, 0.2) is 0 Å². The zero-order valence-electron chi connectivity index (χ0n) is 7.55. The third-order valence-electron chi connectivity index (χ3n) is 1.54. The number of hydrogen-bond acceptors (Lipinski definition) is 3. The van der Waals surface area contributed by atoms with Crippen LogP contribution in [0.3, 0.4) is 0 Å². The monoisotopic (exact) mass is 170 g/mol. The number of carbonyl (C=O) groups excluding carboxylic acids is 3. The van der Waals surface area contributed by atoms with E-state index in [0.29, 0.717) is 6.42 Å². The molecule has 0 unspecified atom stereocenters. The molecule has 0 spiro atoms. The Morgan fingerprint density at radius 2 is 1.58 bits per heavy atom. The molecule has 0 N–H and O–H groups in total. The van der Waals surface area contributed by atoms with Gasteiger partial charge in [0, 0.05) is 19.3 Å². The lowest BCUT2D eigenvalue weighted by molar-refractivity contribution is -0.128. The summed E-state index contributed by atoms with van der Waals surface area (Å²) in [6, 6.07) is 0. The molecule has 0 saturated carbocycles. The van der Waals surface area contributed by atoms with E-state index in [1.807, 2.05) is 0 Å². The van der Waals surface area contributed by atoms with Gasteiger partial charge in [0.1, 0.15) is 17.3 Å². The standard InChI is InChI=1S/C9H14O3/c1-3-8(11)6-9(12)5-4-7(2)10/h3-6H2,1-2H3. The fraction of sp³-hybridized carbons (Fsp3) is 0.667. The predicted molar refractivity (Wildman–Crippen MR) is 44.8 cm³/mol. The Morgan fingerprint density at radius 1 is 1.00 bits per heavy atom. The molecule has 0 aliphatic carbocycles. The van der Waals surface area contributed by atoms with Crippen LogP contribution in [0, 0.1) is 0 Å². The Hall–Kier alpha value is -0.990. The SMILES string of the molecule is CCC(=O)CC(=O)CCC(C)=O. The van der Waals surface area contributed by atoms with Gasteiger partial charge in [-0.25, -0.2) is 0 Å². The number of carbonyl (C=O) groups is 3. The molecule has 0 saturated heterocycles. The average molecular weight is 170 g/mol. The first-order valence-electron chi connectivity index (χ1n) is 4.09. The van der Waals surface area contributed by atoms with Crippen molar-refractivity contribution >= 4 is 17.3 Å². The van der Waals surface area contributed by atoms with Gasteiger partial charge in [-0.15, -0.1) is 0 Å². The van der Waals surface area contributed by atoms with Crippen LogP contribution in [0.4, 0.5) is 0 Å². The van der Waals surface area contributed by atoms with Crippen molar-refractivity contribution in [3.63, 3.8) is 0 Å². The summed E-state index contributed by atoms with van der Waals surface area (Å²) >= 11 is 0. The maximum atomic E-state index is 10.9. The van der Waals surface area contributed by atoms with Crippen LogP contribution in [-0.2, 0) is 14.4 Å². The van der Waals surface area contributed by atoms with Gasteiger partial charge in [0.15, 0.2) is 0 Å². The Balaban J connectivity index is 3.60. The first-order chi connectivity index (χ1) is 5.56. The van der Waals surface area contributed by atoms with Gasteiger partial charge in [-0.1, -0.05) is 6.92 Å². The smallest absolute Gasteiger partial charge is 0.140 e. The van der Waals surface area contributed by atoms with E-state index in [4.69, 9.17) is 0 Å². The molecule has 0 rings (SSSR count). The molecular weight excluding hydrogens is 156 g/mol. The summed E-state index contributed by atoms with van der Waals surface area (Å²) in [5, 5.41) is 0. The second-order valence-electron chi connectivity index (χ2n) is 2.81. The fourth-order valence-corrected chi connectivity index (χ4v) is 0.749. The van der Waals surface area contributed by atoms with Crippen molar-refractivity contribution in [1.82, 2.24) is 0 Å². The van der Waals surface area contributed by atoms with E-state index in [1.165, 1.54) is 6.92 Å². The molecule has 0 aromatic carbocycles. The molecule has 0 aliphatic rings. The van der Waals surface area contributed by atoms with Crippen LogP contribution >= 0.6 is 0 Å². The van der Waals surface area contributed by atoms with Gasteiger partial charge >= 0.3 is 0 Å². The zero-order valence-corrected chi connectivity index (χ0v) is 7.55. The Labute approximate surface area is 72.1 Å². The summed E-state index contributed by atoms with van der Waals surface area (Å²) in [5.74, 6) is -0.187. The van der Waals surface area contributed by atoms with Gasteiger partial charge in [0.2, 0.25) is 0 Å². The highest BCUT2D eigenvalue weighted by atomic mass is 16.1. The summed E-state index contributed by atoms with van der Waals surface area (Å²) in [6.07, 6.45) is 0.854. The molecule has 0 aliphatic heterocycles. The summed E-state index contributed by atoms with van der Waals surface area (Å²) in [4.78, 5) is 32.2. The largest absolute Gasteiger partial charge is 0.300 e. The van der Waals surface area contributed by atoms with Crippen LogP contribution in [-0.4, -0.2) is 17.3 Å². The second kappa shape index (κ2) is 5.63. The Kier molecular flexibility index (Phi) is 5.17. The maximum absolute atomic E-state index is 10.9. The molecule has 12 heavy (non-hydrogen) atoms. The summed E-state index contributed by atoms with van der Waals surface area (Å²) in [7, 11) is 0. The van der Waals surface area contributed by atoms with Gasteiger partial charge in [-0.2, -0.15) is 0 Å². The van der Waals surface area contributed by atoms with E-state index in [1.54, 1.807) is 6.92 Å². The van der Waals surface area contributed by atoms with E-state index in [-0.39, 0.29) is 36.6 Å². The fourth-order valence-electron chi connectivity index (χ4n) is 0.749. The van der Waals surface area contributed by atoms with E-state index >= 15 is 0 Å². The number of ketones is 3. The minimum absolute atomic E-state index is 0.00713. The minimum atomic E-state index is -0.128. The highest BCUT2D eigenvalue weighted by Crippen LogP contribution is 1.98. The van der Waals surface area contributed by atoms with Gasteiger partial charge in [-0.3, -0.25) is 9.59 Å². The maximum Gasteiger partial charge on any atom is 0.140 e. The summed E-state index contributed by atoms with van der Waals surface area (Å²) < 4.78 is 0. The van der Waals surface area contributed by atoms with E-state index in [9.17, 15) is 14.4 Å². The second-order valence-corrected chi connectivity index (χ2v) is 2.81. The lowest BCUT2D eigenvalue weighted by Gasteiger charge is -1.95. The molecule has 0 bridgehead atoms. The lowest BCUT2D eigenvalue weighted by Crippen LogP contribution is -2.07. The quantitative estimate of drug-likeness (QED) is 0.564. The van der Waals surface area contributed by atoms with Crippen LogP contribution < -0.4 is 0 Å². The van der Waals surface area contributed by atoms with Crippen molar-refractivity contribution in [3.05, 3.63) is 0 Å². The number of rotatable bonds is 6. The lowest BCUT2D eigenvalue weighted by atomic mass is 10.1. The molecule has 0 atom stereocenters. The van der Waals surface area contributed by atoms with Crippen LogP contribution in [0.5, 0.6) is 0 Å². The van der Waals surface area contributed by atoms with E-state index in [0.717, 1.165) is 0 Å². The molecule has 0 aromatic heterocycles. The van der Waals surface area contributed by atoms with Crippen molar-refractivity contribution in [2.45, 2.75) is 39.5 Å². The highest BCUT2D eigenvalue weighted by Gasteiger charge is 2.07. The molecule has 68 valence electrons. The van der Waals surface area contributed by atoms with Gasteiger partial charge in [0.25, 0.3) is 0 Å². The molecule has 3 heteroatoms. The Morgan fingerprint density at radius 3 is 2.00 bits per heavy atom. The van der Waals surface area contributed by atoms with Gasteiger partial charge < -0.3 is 4.79 Å². The van der Waals surface area contributed by atoms with Crippen molar-refractivity contribution < 1.29 is 14.4 Å². The molecule has 0 aromatic rings. The normalized spacial score (nSPS) is 9.50. The minimum Gasteiger partial charge on any atom is -0.300 e. The topological polar surface area (TPSA) is 51.2 Å². The van der Waals surface area contributed by atoms with Crippen molar-refractivity contribution in [1.29, 1.82) is 0 Å². The number of Topliss-reactive ketones (excluding diaryl/α,β-unsaturated/α-hetero) is 3. The van der Waals surface area contributed by atoms with Gasteiger partial charge in [0.05, 0.1) is 6.42 Å². The van der Waals surface area contributed by atoms with Gasteiger partial charge in [-0.05, 0) is 6.92 Å². The molecule has 0 amide bonds. The van der Waals surface area contributed by atoms with Crippen LogP contribution in [0.25, 0.3) is 0 Å². The first kappa shape index (κ1) is 11.0. The third kappa shape index (κ3) is 5.77. The summed E-state index contributed by atoms with van der Waals surface area (Å²) in [5.41, 5.74) is 0. The third-order valence-corrected chi connectivity index (χ3v) is 1.54. The zero-order chi connectivity index (χ0) is 9.56. The van der Waals surface area contributed by atoms with Crippen LogP contribution in [0.1, 0.15) is 39.5 Å². The molecule has 0 radical (unpaired) electrons. The van der Waals surface area contributed by atoms with E-state index in [2.05, 4.69) is 0 Å². The molecular formula is C9H14O3. The first-order valence-corrected chi connectivity index (χ1v) is 4.09. The molecule has 0 heterocycles. The average Bonchev–Trinajstić information content (AvgIpc) is 2.00. The molecule has 3 nitrogen and oxygen atoms in total. The molecule has 0 fully saturated rings. The predicted octanol–water partition coefficient (Wildman–Crippen LogP) is 1.29. The van der Waals surface area contributed by atoms with E-state index < -0.39 is 0 Å². The van der Waals surface area contributed by atoms with Crippen molar-refractivity contribution in [2.75, 3.05) is 0 Å². The number of hydrogen-bond donors (Lipinski definition) is 0. The summed E-state index contributed by atoms with van der Waals surface area (Å²) in [6.45, 7) is 3.16.